The number of ether oxygens (including phenoxy) is 2. The highest BCUT2D eigenvalue weighted by molar-refractivity contribution is 7.95. The molecule has 7 nitrogen and oxygen atoms in total. The molecule has 1 aliphatic carbocycles. The number of phenols is 2. The summed E-state index contributed by atoms with van der Waals surface area (Å²) >= 11 is 0. The van der Waals surface area contributed by atoms with Crippen LogP contribution in [-0.2, 0) is 20.7 Å². The molecule has 0 fully saturated rings. The van der Waals surface area contributed by atoms with Crippen LogP contribution in [0.1, 0.15) is 127 Å². The summed E-state index contributed by atoms with van der Waals surface area (Å²) in [5.41, 5.74) is 3.81. The number of aromatic hydroxyl groups is 2. The number of aliphatic hydroxyl groups excluding tert-OH is 1. The standard InChI is InChI=1S/C35H41O3P.C19H30O4.BrH/c1-27-32(33(36)28(2)35(38-3)34(27)37)25-17-6-4-5-7-18-26-39(29-19-11-8-12-20-29,30-21-13-9-14-22-30)31-23-15-10-16-24-31;1-14-16(17(21)15(2)19(23-3)18(14)22)12-10-8-6-4-5-7-9-11-13-20;/h8-16,19-24H,4-7,17-18,25-26H2,1-3H3,(H-,36,37);20H,4-13H2,1-3H3;1H. The predicted octanol–water partition coefficient (Wildman–Crippen LogP) is 8.48. The Kier molecular flexibility index (Phi) is 23.5. The highest BCUT2D eigenvalue weighted by atomic mass is 79.9. The first kappa shape index (κ1) is 53.1. The van der Waals surface area contributed by atoms with Crippen molar-refractivity contribution in [3.63, 3.8) is 0 Å². The molecule has 0 unspecified atom stereocenters. The smallest absolute Gasteiger partial charge is 0.224 e. The van der Waals surface area contributed by atoms with Gasteiger partial charge in [-0.3, -0.25) is 9.59 Å². The van der Waals surface area contributed by atoms with E-state index in [2.05, 4.69) is 91.0 Å². The van der Waals surface area contributed by atoms with Gasteiger partial charge in [0.15, 0.2) is 23.0 Å². The lowest BCUT2D eigenvalue weighted by Crippen LogP contribution is -3.00. The first-order valence-corrected chi connectivity index (χ1v) is 24.8. The Bertz CT molecular complexity index is 1950. The number of carbonyl (C=O) groups excluding carboxylic acids is 2. The number of ketones is 2. The number of rotatable bonds is 24. The fourth-order valence-electron chi connectivity index (χ4n) is 8.80. The van der Waals surface area contributed by atoms with Crippen molar-refractivity contribution in [2.45, 2.75) is 130 Å². The quantitative estimate of drug-likeness (QED) is 0.0280. The van der Waals surface area contributed by atoms with Gasteiger partial charge in [0, 0.05) is 40.0 Å². The van der Waals surface area contributed by atoms with Gasteiger partial charge in [-0.15, -0.1) is 0 Å². The SMILES string of the molecule is COC1=C(C)C(=O)C(CCCCCCCCCCO)=C(C)C1=O.COc1c(C)c(O)c(CCCCCCCC[P+](c2ccccc2)(c2ccccc2)c2ccccc2)c(C)c1O.[Br-]. The van der Waals surface area contributed by atoms with Gasteiger partial charge in [-0.05, 0) is 109 Å². The summed E-state index contributed by atoms with van der Waals surface area (Å²) in [4.78, 5) is 24.5. The van der Waals surface area contributed by atoms with Gasteiger partial charge in [0.2, 0.25) is 5.78 Å². The molecule has 5 rings (SSSR count). The third-order valence-electron chi connectivity index (χ3n) is 12.5. The van der Waals surface area contributed by atoms with Crippen LogP contribution >= 0.6 is 7.26 Å². The molecule has 1 aliphatic rings. The molecule has 0 saturated carbocycles. The van der Waals surface area contributed by atoms with Crippen molar-refractivity contribution in [1.29, 1.82) is 0 Å². The predicted molar refractivity (Wildman–Crippen MR) is 258 cm³/mol. The zero-order chi connectivity index (χ0) is 44.9. The van der Waals surface area contributed by atoms with Crippen LogP contribution in [0.3, 0.4) is 0 Å². The average molecular weight is 944 g/mol. The second-order valence-electron chi connectivity index (χ2n) is 16.6. The van der Waals surface area contributed by atoms with Crippen LogP contribution in [0.4, 0.5) is 0 Å². The molecule has 0 heterocycles. The van der Waals surface area contributed by atoms with Crippen LogP contribution in [0.5, 0.6) is 17.2 Å². The fourth-order valence-corrected chi connectivity index (χ4v) is 13.2. The maximum absolute atomic E-state index is 12.3. The van der Waals surface area contributed by atoms with Crippen molar-refractivity contribution >= 4 is 34.7 Å². The maximum atomic E-state index is 12.3. The fraction of sp³-hybridized carbons (Fsp3) is 0.444. The van der Waals surface area contributed by atoms with Crippen LogP contribution in [0, 0.1) is 13.8 Å². The number of halogens is 1. The van der Waals surface area contributed by atoms with Gasteiger partial charge in [0.1, 0.15) is 28.9 Å². The average Bonchev–Trinajstić information content (AvgIpc) is 3.30. The lowest BCUT2D eigenvalue weighted by atomic mass is 9.86. The largest absolute Gasteiger partial charge is 1.00 e. The number of phenolic OH excluding ortho intramolecular Hbond substituents is 2. The van der Waals surface area contributed by atoms with E-state index in [1.165, 1.54) is 81.2 Å². The van der Waals surface area contributed by atoms with Gasteiger partial charge >= 0.3 is 0 Å². The molecular weight excluding hydrogens is 871 g/mol. The van der Waals surface area contributed by atoms with E-state index in [0.29, 0.717) is 41.1 Å². The first-order chi connectivity index (χ1) is 30.0. The van der Waals surface area contributed by atoms with Crippen LogP contribution in [0.15, 0.2) is 113 Å². The van der Waals surface area contributed by atoms with Gasteiger partial charge in [-0.1, -0.05) is 112 Å². The van der Waals surface area contributed by atoms with Crippen LogP contribution in [0.25, 0.3) is 0 Å². The monoisotopic (exact) mass is 942 g/mol. The van der Waals surface area contributed by atoms with Crippen molar-refractivity contribution in [3.8, 4) is 17.2 Å². The minimum Gasteiger partial charge on any atom is -1.00 e. The normalized spacial score (nSPS) is 12.8. The zero-order valence-electron chi connectivity index (χ0n) is 38.7. The minimum absolute atomic E-state index is 0. The third-order valence-corrected chi connectivity index (χ3v) is 17.0. The van der Waals surface area contributed by atoms with Crippen LogP contribution in [0.2, 0.25) is 0 Å². The molecule has 0 amide bonds. The van der Waals surface area contributed by atoms with Gasteiger partial charge < -0.3 is 41.8 Å². The van der Waals surface area contributed by atoms with E-state index in [4.69, 9.17) is 14.6 Å². The van der Waals surface area contributed by atoms with Crippen LogP contribution < -0.4 is 37.6 Å². The van der Waals surface area contributed by atoms with E-state index in [1.807, 2.05) is 6.92 Å². The minimum atomic E-state index is -1.74. The molecule has 342 valence electrons. The summed E-state index contributed by atoms with van der Waals surface area (Å²) in [6.45, 7) is 7.33. The molecule has 0 bridgehead atoms. The topological polar surface area (TPSA) is 113 Å². The van der Waals surface area contributed by atoms with Crippen LogP contribution in [-0.4, -0.2) is 53.9 Å². The van der Waals surface area contributed by atoms with Crippen molar-refractivity contribution in [2.24, 2.45) is 0 Å². The Balaban J connectivity index is 0.000000378. The second kappa shape index (κ2) is 27.8. The van der Waals surface area contributed by atoms with Crippen molar-refractivity contribution < 1.29 is 51.4 Å². The van der Waals surface area contributed by atoms with Crippen molar-refractivity contribution in [1.82, 2.24) is 0 Å². The molecule has 0 radical (unpaired) electrons. The van der Waals surface area contributed by atoms with Gasteiger partial charge in [-0.25, -0.2) is 0 Å². The summed E-state index contributed by atoms with van der Waals surface area (Å²) in [6.07, 6.45) is 18.3. The number of hydrogen-bond donors (Lipinski definition) is 3. The van der Waals surface area contributed by atoms with E-state index in [-0.39, 0.29) is 45.8 Å². The van der Waals surface area contributed by atoms with E-state index in [0.717, 1.165) is 62.5 Å². The summed E-state index contributed by atoms with van der Waals surface area (Å²) in [5.74, 6) is 0.773. The molecule has 0 saturated heterocycles. The zero-order valence-corrected chi connectivity index (χ0v) is 41.2. The van der Waals surface area contributed by atoms with E-state index in [9.17, 15) is 19.8 Å². The number of benzene rings is 4. The molecule has 0 aliphatic heterocycles. The molecule has 0 aromatic heterocycles. The number of Topliss-reactive ketones (excluding diaryl/α,β-unsaturated/α-hetero) is 2. The van der Waals surface area contributed by atoms with Crippen molar-refractivity contribution in [2.75, 3.05) is 27.0 Å². The summed E-state index contributed by atoms with van der Waals surface area (Å²) in [5, 5.41) is 34.2. The highest BCUT2D eigenvalue weighted by Crippen LogP contribution is 2.56. The van der Waals surface area contributed by atoms with E-state index in [1.54, 1.807) is 20.8 Å². The second-order valence-corrected chi connectivity index (χ2v) is 20.2. The summed E-state index contributed by atoms with van der Waals surface area (Å²) in [6, 6.07) is 33.4. The molecule has 4 aromatic rings. The summed E-state index contributed by atoms with van der Waals surface area (Å²) in [7, 11) is 1.21. The maximum Gasteiger partial charge on any atom is 0.224 e. The molecule has 0 spiro atoms. The number of allylic oxidation sites excluding steroid dienone is 3. The Hall–Kier alpha value is -4.23. The molecular formula is C54H72BrO7P. The molecule has 9 heteroatoms. The van der Waals surface area contributed by atoms with E-state index >= 15 is 0 Å². The lowest BCUT2D eigenvalue weighted by molar-refractivity contribution is -0.118. The van der Waals surface area contributed by atoms with E-state index < -0.39 is 7.26 Å². The number of carbonyl (C=O) groups is 2. The molecule has 63 heavy (non-hydrogen) atoms. The Labute approximate surface area is 389 Å². The highest BCUT2D eigenvalue weighted by Gasteiger charge is 2.44. The van der Waals surface area contributed by atoms with Crippen molar-refractivity contribution in [3.05, 3.63) is 130 Å². The molecule has 4 aromatic carbocycles. The number of methoxy groups -OCH3 is 2. The Morgan fingerprint density at radius 2 is 0.921 bits per heavy atom. The first-order valence-electron chi connectivity index (χ1n) is 22.8. The molecule has 3 N–H and O–H groups in total. The number of unbranched alkanes of at least 4 members (excludes halogenated alkanes) is 12. The Morgan fingerprint density at radius 3 is 1.37 bits per heavy atom. The number of hydrogen-bond acceptors (Lipinski definition) is 7. The Morgan fingerprint density at radius 1 is 0.492 bits per heavy atom. The molecule has 0 atom stereocenters. The lowest BCUT2D eigenvalue weighted by Gasteiger charge is -2.27. The van der Waals surface area contributed by atoms with Gasteiger partial charge in [-0.2, -0.15) is 0 Å². The number of aliphatic hydroxyl groups is 1. The summed E-state index contributed by atoms with van der Waals surface area (Å²) < 4.78 is 10.3. The third kappa shape index (κ3) is 14.1. The van der Waals surface area contributed by atoms with Gasteiger partial charge in [0.25, 0.3) is 0 Å². The van der Waals surface area contributed by atoms with Gasteiger partial charge in [0.05, 0.1) is 20.4 Å².